The Balaban J connectivity index is 2.10. The second-order valence-electron chi connectivity index (χ2n) is 5.81. The summed E-state index contributed by atoms with van der Waals surface area (Å²) in [6, 6.07) is 11.0. The highest BCUT2D eigenvalue weighted by Crippen LogP contribution is 2.29. The molecule has 0 radical (unpaired) electrons. The summed E-state index contributed by atoms with van der Waals surface area (Å²) in [5.74, 6) is -1.18. The van der Waals surface area contributed by atoms with E-state index in [1.165, 1.54) is 19.2 Å². The van der Waals surface area contributed by atoms with Crippen LogP contribution in [0.2, 0.25) is 0 Å². The first-order chi connectivity index (χ1) is 12.7. The molecule has 0 fully saturated rings. The molecule has 0 aliphatic heterocycles. The molecule has 0 saturated heterocycles. The molecule has 0 heterocycles. The molecule has 0 spiro atoms. The average molecular weight is 491 g/mol. The smallest absolute Gasteiger partial charge is 0.416 e. The van der Waals surface area contributed by atoms with Gasteiger partial charge in [0, 0.05) is 9.99 Å². The maximum atomic E-state index is 12.8. The summed E-state index contributed by atoms with van der Waals surface area (Å²) in [5.41, 5.74) is 0.240. The van der Waals surface area contributed by atoms with E-state index in [-0.39, 0.29) is 18.4 Å². The summed E-state index contributed by atoms with van der Waals surface area (Å²) >= 11 is 2.12. The van der Waals surface area contributed by atoms with Crippen LogP contribution in [0, 0.1) is 3.57 Å². The number of esters is 1. The molecular weight excluding hydrogens is 474 g/mol. The van der Waals surface area contributed by atoms with E-state index >= 15 is 0 Å². The average Bonchev–Trinajstić information content (AvgIpc) is 2.61. The molecular formula is C19H17F3INO3. The molecule has 144 valence electrons. The lowest BCUT2D eigenvalue weighted by Crippen LogP contribution is -2.43. The van der Waals surface area contributed by atoms with E-state index < -0.39 is 29.7 Å². The van der Waals surface area contributed by atoms with E-state index in [4.69, 9.17) is 4.74 Å². The maximum absolute atomic E-state index is 12.8. The minimum absolute atomic E-state index is 0.209. The predicted octanol–water partition coefficient (Wildman–Crippen LogP) is 3.75. The molecule has 0 bridgehead atoms. The second-order valence-corrected chi connectivity index (χ2v) is 6.98. The molecule has 1 N–H and O–H groups in total. The zero-order chi connectivity index (χ0) is 20.0. The van der Waals surface area contributed by atoms with Gasteiger partial charge in [-0.15, -0.1) is 0 Å². The number of carbonyl (C=O) groups excluding carboxylic acids is 2. The number of hydrogen-bond acceptors (Lipinski definition) is 3. The first-order valence-corrected chi connectivity index (χ1v) is 9.05. The van der Waals surface area contributed by atoms with E-state index in [1.54, 1.807) is 0 Å². The van der Waals surface area contributed by atoms with Gasteiger partial charge in [0.2, 0.25) is 5.91 Å². The van der Waals surface area contributed by atoms with E-state index in [2.05, 4.69) is 27.9 Å². The van der Waals surface area contributed by atoms with Crippen LogP contribution in [0.25, 0.3) is 0 Å². The van der Waals surface area contributed by atoms with Crippen LogP contribution in [0.4, 0.5) is 13.2 Å². The fraction of sp³-hybridized carbons (Fsp3) is 0.263. The molecule has 2 aromatic carbocycles. The number of hydrogen-bond donors (Lipinski definition) is 1. The molecule has 0 saturated carbocycles. The van der Waals surface area contributed by atoms with Gasteiger partial charge in [-0.3, -0.25) is 4.79 Å². The van der Waals surface area contributed by atoms with Gasteiger partial charge in [0.15, 0.2) is 0 Å². The number of benzene rings is 2. The van der Waals surface area contributed by atoms with Crippen molar-refractivity contribution < 1.29 is 27.5 Å². The standard InChI is InChI=1S/C19H17F3INO3/c1-27-18(26)16(11-13-6-2-3-8-15(13)23)24-17(25)10-12-5-4-7-14(9-12)19(20,21)22/h2-9,16H,10-11H2,1H3,(H,24,25)/t16-/m0/s1. The number of nitrogens with one attached hydrogen (secondary N) is 1. The molecule has 1 atom stereocenters. The minimum atomic E-state index is -4.48. The van der Waals surface area contributed by atoms with Gasteiger partial charge < -0.3 is 10.1 Å². The molecule has 0 aliphatic rings. The second kappa shape index (κ2) is 9.20. The largest absolute Gasteiger partial charge is 0.467 e. The van der Waals surface area contributed by atoms with Crippen LogP contribution in [-0.2, 0) is 33.3 Å². The van der Waals surface area contributed by atoms with Crippen molar-refractivity contribution in [3.63, 3.8) is 0 Å². The molecule has 0 aromatic heterocycles. The van der Waals surface area contributed by atoms with Crippen molar-refractivity contribution in [3.05, 3.63) is 68.8 Å². The van der Waals surface area contributed by atoms with Crippen molar-refractivity contribution in [3.8, 4) is 0 Å². The number of methoxy groups -OCH3 is 1. The monoisotopic (exact) mass is 491 g/mol. The van der Waals surface area contributed by atoms with Gasteiger partial charge in [-0.25, -0.2) is 4.79 Å². The van der Waals surface area contributed by atoms with Crippen molar-refractivity contribution in [2.45, 2.75) is 25.1 Å². The lowest BCUT2D eigenvalue weighted by atomic mass is 10.0. The topological polar surface area (TPSA) is 55.4 Å². The summed E-state index contributed by atoms with van der Waals surface area (Å²) < 4.78 is 44.0. The Morgan fingerprint density at radius 1 is 1.15 bits per heavy atom. The van der Waals surface area contributed by atoms with Gasteiger partial charge in [-0.2, -0.15) is 13.2 Å². The highest BCUT2D eigenvalue weighted by atomic mass is 127. The number of ether oxygens (including phenoxy) is 1. The van der Waals surface area contributed by atoms with Crippen LogP contribution in [0.3, 0.4) is 0 Å². The fourth-order valence-corrected chi connectivity index (χ4v) is 3.12. The van der Waals surface area contributed by atoms with Gasteiger partial charge in [0.25, 0.3) is 0 Å². The highest BCUT2D eigenvalue weighted by Gasteiger charge is 2.30. The molecule has 1 amide bonds. The predicted molar refractivity (Wildman–Crippen MR) is 102 cm³/mol. The number of rotatable bonds is 6. The van der Waals surface area contributed by atoms with Crippen molar-refractivity contribution in [1.29, 1.82) is 0 Å². The third kappa shape index (κ3) is 6.23. The summed E-state index contributed by atoms with van der Waals surface area (Å²) in [6.07, 6.45) is -4.53. The Bertz CT molecular complexity index is 824. The SMILES string of the molecule is COC(=O)[C@H](Cc1ccccc1I)NC(=O)Cc1cccc(C(F)(F)F)c1. The zero-order valence-electron chi connectivity index (χ0n) is 14.3. The fourth-order valence-electron chi connectivity index (χ4n) is 2.51. The molecule has 4 nitrogen and oxygen atoms in total. The first kappa shape index (κ1) is 21.2. The minimum Gasteiger partial charge on any atom is -0.467 e. The zero-order valence-corrected chi connectivity index (χ0v) is 16.5. The van der Waals surface area contributed by atoms with Crippen molar-refractivity contribution >= 4 is 34.5 Å². The number of halogens is 4. The normalized spacial score (nSPS) is 12.3. The van der Waals surface area contributed by atoms with E-state index in [0.29, 0.717) is 0 Å². The third-order valence-electron chi connectivity index (χ3n) is 3.82. The summed E-state index contributed by atoms with van der Waals surface area (Å²) in [5, 5.41) is 2.55. The van der Waals surface area contributed by atoms with E-state index in [0.717, 1.165) is 21.3 Å². The Kier molecular flexibility index (Phi) is 7.23. The molecule has 0 aliphatic carbocycles. The summed E-state index contributed by atoms with van der Waals surface area (Å²) in [6.45, 7) is 0. The lowest BCUT2D eigenvalue weighted by molar-refractivity contribution is -0.145. The molecule has 2 aromatic rings. The van der Waals surface area contributed by atoms with E-state index in [1.807, 2.05) is 24.3 Å². The van der Waals surface area contributed by atoms with Crippen LogP contribution in [0.5, 0.6) is 0 Å². The Hall–Kier alpha value is -2.10. The Morgan fingerprint density at radius 3 is 2.48 bits per heavy atom. The third-order valence-corrected chi connectivity index (χ3v) is 4.87. The van der Waals surface area contributed by atoms with Crippen LogP contribution < -0.4 is 5.32 Å². The molecule has 27 heavy (non-hydrogen) atoms. The molecule has 0 unspecified atom stereocenters. The maximum Gasteiger partial charge on any atom is 0.416 e. The Labute approximate surface area is 168 Å². The van der Waals surface area contributed by atoms with Gasteiger partial charge >= 0.3 is 12.1 Å². The number of alkyl halides is 3. The Morgan fingerprint density at radius 2 is 1.85 bits per heavy atom. The van der Waals surface area contributed by atoms with Gasteiger partial charge in [0.05, 0.1) is 19.1 Å². The highest BCUT2D eigenvalue weighted by molar-refractivity contribution is 14.1. The van der Waals surface area contributed by atoms with Crippen molar-refractivity contribution in [2.24, 2.45) is 0 Å². The lowest BCUT2D eigenvalue weighted by Gasteiger charge is -2.17. The van der Waals surface area contributed by atoms with Gasteiger partial charge in [-0.05, 0) is 45.9 Å². The quantitative estimate of drug-likeness (QED) is 0.495. The van der Waals surface area contributed by atoms with Crippen LogP contribution in [0.1, 0.15) is 16.7 Å². The van der Waals surface area contributed by atoms with E-state index in [9.17, 15) is 22.8 Å². The van der Waals surface area contributed by atoms with Crippen LogP contribution >= 0.6 is 22.6 Å². The molecule has 8 heteroatoms. The summed E-state index contributed by atoms with van der Waals surface area (Å²) in [4.78, 5) is 24.3. The van der Waals surface area contributed by atoms with Gasteiger partial charge in [-0.1, -0.05) is 36.4 Å². The molecule has 2 rings (SSSR count). The van der Waals surface area contributed by atoms with Crippen molar-refractivity contribution in [1.82, 2.24) is 5.32 Å². The van der Waals surface area contributed by atoms with Crippen LogP contribution in [0.15, 0.2) is 48.5 Å². The van der Waals surface area contributed by atoms with Gasteiger partial charge in [0.1, 0.15) is 6.04 Å². The van der Waals surface area contributed by atoms with Crippen molar-refractivity contribution in [2.75, 3.05) is 7.11 Å². The first-order valence-electron chi connectivity index (χ1n) is 7.97. The summed E-state index contributed by atoms with van der Waals surface area (Å²) in [7, 11) is 1.21. The number of amides is 1. The van der Waals surface area contributed by atoms with Crippen LogP contribution in [-0.4, -0.2) is 25.0 Å². The number of carbonyl (C=O) groups is 2.